The largest absolute Gasteiger partial charge is 0.393 e. The highest BCUT2D eigenvalue weighted by Gasteiger charge is 2.25. The summed E-state index contributed by atoms with van der Waals surface area (Å²) in [5.41, 5.74) is 5.09. The summed E-state index contributed by atoms with van der Waals surface area (Å²) in [6, 6.07) is 17.3. The average Bonchev–Trinajstić information content (AvgIpc) is 2.82. The van der Waals surface area contributed by atoms with Crippen molar-refractivity contribution in [1.29, 1.82) is 0 Å². The molecular weight excluding hydrogens is 400 g/mol. The maximum Gasteiger partial charge on any atom is 0.194 e. The van der Waals surface area contributed by atoms with Crippen LogP contribution >= 0.6 is 0 Å². The standard InChI is InChI=1S/C26H36N4O2/c1-20-5-3-4-6-24(20)25-19-30(15-16-32-25)26(27-2)28-17-21-7-9-22(10-8-21)18-29-13-11-23(31)12-14-29/h3-10,23,25,31H,11-19H2,1-2H3,(H,27,28). The molecule has 6 nitrogen and oxygen atoms in total. The van der Waals surface area contributed by atoms with E-state index in [1.807, 2.05) is 7.05 Å². The van der Waals surface area contributed by atoms with Crippen LogP contribution < -0.4 is 5.32 Å². The minimum atomic E-state index is -0.118. The molecule has 1 atom stereocenters. The highest BCUT2D eigenvalue weighted by Crippen LogP contribution is 2.25. The van der Waals surface area contributed by atoms with E-state index in [9.17, 15) is 5.11 Å². The van der Waals surface area contributed by atoms with Crippen molar-refractivity contribution in [2.24, 2.45) is 4.99 Å². The number of aliphatic hydroxyl groups is 1. The van der Waals surface area contributed by atoms with Crippen molar-refractivity contribution in [2.45, 2.75) is 45.1 Å². The van der Waals surface area contributed by atoms with E-state index in [0.717, 1.165) is 58.1 Å². The van der Waals surface area contributed by atoms with Gasteiger partial charge in [-0.05, 0) is 42.0 Å². The molecule has 0 aliphatic carbocycles. The number of aryl methyl sites for hydroxylation is 1. The van der Waals surface area contributed by atoms with Crippen molar-refractivity contribution < 1.29 is 9.84 Å². The lowest BCUT2D eigenvalue weighted by Gasteiger charge is -2.35. The summed E-state index contributed by atoms with van der Waals surface area (Å²) in [6.45, 7) is 8.13. The summed E-state index contributed by atoms with van der Waals surface area (Å²) in [6.07, 6.45) is 1.71. The van der Waals surface area contributed by atoms with Crippen molar-refractivity contribution >= 4 is 5.96 Å². The Kier molecular flexibility index (Phi) is 7.79. The smallest absolute Gasteiger partial charge is 0.194 e. The number of likely N-dealkylation sites (tertiary alicyclic amines) is 1. The summed E-state index contributed by atoms with van der Waals surface area (Å²) < 4.78 is 6.07. The van der Waals surface area contributed by atoms with Gasteiger partial charge in [-0.2, -0.15) is 0 Å². The summed E-state index contributed by atoms with van der Waals surface area (Å²) in [5.74, 6) is 0.919. The number of guanidine groups is 1. The topological polar surface area (TPSA) is 60.3 Å². The van der Waals surface area contributed by atoms with Crippen LogP contribution in [-0.2, 0) is 17.8 Å². The number of hydrogen-bond acceptors (Lipinski definition) is 4. The van der Waals surface area contributed by atoms with Gasteiger partial charge >= 0.3 is 0 Å². The average molecular weight is 437 g/mol. The fraction of sp³-hybridized carbons (Fsp3) is 0.500. The Labute approximate surface area is 191 Å². The summed E-state index contributed by atoms with van der Waals surface area (Å²) >= 11 is 0. The van der Waals surface area contributed by atoms with E-state index in [2.05, 4.69) is 75.6 Å². The van der Waals surface area contributed by atoms with E-state index >= 15 is 0 Å². The molecule has 6 heteroatoms. The number of nitrogens with zero attached hydrogens (tertiary/aromatic N) is 3. The maximum atomic E-state index is 9.68. The highest BCUT2D eigenvalue weighted by atomic mass is 16.5. The van der Waals surface area contributed by atoms with E-state index in [0.29, 0.717) is 6.61 Å². The van der Waals surface area contributed by atoms with Gasteiger partial charge in [0.1, 0.15) is 6.10 Å². The lowest BCUT2D eigenvalue weighted by atomic mass is 10.0. The van der Waals surface area contributed by atoms with Gasteiger partial charge in [-0.25, -0.2) is 0 Å². The third-order valence-electron chi connectivity index (χ3n) is 6.55. The number of aliphatic hydroxyl groups excluding tert-OH is 1. The van der Waals surface area contributed by atoms with Crippen molar-refractivity contribution in [3.05, 3.63) is 70.8 Å². The quantitative estimate of drug-likeness (QED) is 0.557. The second-order valence-corrected chi connectivity index (χ2v) is 8.89. The molecule has 4 rings (SSSR count). The number of nitrogens with one attached hydrogen (secondary N) is 1. The van der Waals surface area contributed by atoms with Crippen LogP contribution in [0.1, 0.15) is 41.2 Å². The van der Waals surface area contributed by atoms with Crippen LogP contribution in [0.2, 0.25) is 0 Å². The van der Waals surface area contributed by atoms with Crippen molar-refractivity contribution in [2.75, 3.05) is 39.8 Å². The maximum absolute atomic E-state index is 9.68. The van der Waals surface area contributed by atoms with Gasteiger partial charge < -0.3 is 20.1 Å². The normalized spacial score (nSPS) is 21.0. The molecule has 2 aromatic carbocycles. The van der Waals surface area contributed by atoms with Gasteiger partial charge in [0.15, 0.2) is 5.96 Å². The molecule has 0 saturated carbocycles. The Balaban J connectivity index is 1.30. The number of hydrogen-bond donors (Lipinski definition) is 2. The molecule has 172 valence electrons. The monoisotopic (exact) mass is 436 g/mol. The fourth-order valence-corrected chi connectivity index (χ4v) is 4.59. The SMILES string of the molecule is CN=C(NCc1ccc(CN2CCC(O)CC2)cc1)N1CCOC(c2ccccc2C)C1. The molecule has 32 heavy (non-hydrogen) atoms. The van der Waals surface area contributed by atoms with E-state index < -0.39 is 0 Å². The van der Waals surface area contributed by atoms with Crippen LogP contribution in [0.25, 0.3) is 0 Å². The zero-order valence-corrected chi connectivity index (χ0v) is 19.3. The molecule has 2 aliphatic heterocycles. The molecule has 2 saturated heterocycles. The summed E-state index contributed by atoms with van der Waals surface area (Å²) in [5, 5.41) is 13.2. The Morgan fingerprint density at radius 1 is 1.06 bits per heavy atom. The first-order valence-corrected chi connectivity index (χ1v) is 11.7. The predicted molar refractivity (Wildman–Crippen MR) is 129 cm³/mol. The number of ether oxygens (including phenoxy) is 1. The second kappa shape index (κ2) is 10.9. The minimum absolute atomic E-state index is 0.0682. The molecule has 1 unspecified atom stereocenters. The molecule has 2 aromatic rings. The first-order valence-electron chi connectivity index (χ1n) is 11.7. The van der Waals surface area contributed by atoms with E-state index in [-0.39, 0.29) is 12.2 Å². The van der Waals surface area contributed by atoms with Gasteiger partial charge in [-0.3, -0.25) is 9.89 Å². The first kappa shape index (κ1) is 22.8. The lowest BCUT2D eigenvalue weighted by Crippen LogP contribution is -2.48. The molecule has 2 aliphatic rings. The Morgan fingerprint density at radius 3 is 2.50 bits per heavy atom. The van der Waals surface area contributed by atoms with Gasteiger partial charge in [0.25, 0.3) is 0 Å². The summed E-state index contributed by atoms with van der Waals surface area (Å²) in [4.78, 5) is 9.24. The molecule has 0 amide bonds. The van der Waals surface area contributed by atoms with E-state index in [1.165, 1.54) is 22.3 Å². The zero-order valence-electron chi connectivity index (χ0n) is 19.3. The van der Waals surface area contributed by atoms with Crippen LogP contribution in [-0.4, -0.2) is 66.8 Å². The third kappa shape index (κ3) is 5.88. The van der Waals surface area contributed by atoms with Crippen LogP contribution in [0.3, 0.4) is 0 Å². The van der Waals surface area contributed by atoms with Gasteiger partial charge in [-0.1, -0.05) is 48.5 Å². The number of piperidine rings is 1. The molecule has 2 N–H and O–H groups in total. The summed E-state index contributed by atoms with van der Waals surface area (Å²) in [7, 11) is 1.85. The second-order valence-electron chi connectivity index (χ2n) is 8.89. The predicted octanol–water partition coefficient (Wildman–Crippen LogP) is 3.10. The van der Waals surface area contributed by atoms with Crippen molar-refractivity contribution in [3.8, 4) is 0 Å². The molecule has 2 fully saturated rings. The zero-order chi connectivity index (χ0) is 22.3. The van der Waals surface area contributed by atoms with E-state index in [1.54, 1.807) is 0 Å². The fourth-order valence-electron chi connectivity index (χ4n) is 4.59. The molecular formula is C26H36N4O2. The van der Waals surface area contributed by atoms with Crippen LogP contribution in [0, 0.1) is 6.92 Å². The van der Waals surface area contributed by atoms with Gasteiger partial charge in [0.2, 0.25) is 0 Å². The molecule has 0 spiro atoms. The highest BCUT2D eigenvalue weighted by molar-refractivity contribution is 5.80. The van der Waals surface area contributed by atoms with Gasteiger partial charge in [0.05, 0.1) is 19.3 Å². The van der Waals surface area contributed by atoms with Crippen molar-refractivity contribution in [1.82, 2.24) is 15.1 Å². The first-order chi connectivity index (χ1) is 15.6. The lowest BCUT2D eigenvalue weighted by molar-refractivity contribution is -0.00833. The van der Waals surface area contributed by atoms with Crippen LogP contribution in [0.4, 0.5) is 0 Å². The van der Waals surface area contributed by atoms with Crippen LogP contribution in [0.15, 0.2) is 53.5 Å². The number of benzene rings is 2. The van der Waals surface area contributed by atoms with Crippen LogP contribution in [0.5, 0.6) is 0 Å². The number of rotatable bonds is 5. The Morgan fingerprint density at radius 2 is 1.78 bits per heavy atom. The van der Waals surface area contributed by atoms with Gasteiger partial charge in [0, 0.05) is 39.8 Å². The third-order valence-corrected chi connectivity index (χ3v) is 6.55. The number of aliphatic imine (C=N–C) groups is 1. The molecule has 0 radical (unpaired) electrons. The van der Waals surface area contributed by atoms with E-state index in [4.69, 9.17) is 4.74 Å². The van der Waals surface area contributed by atoms with Gasteiger partial charge in [-0.15, -0.1) is 0 Å². The number of morpholine rings is 1. The Bertz CT molecular complexity index is 891. The van der Waals surface area contributed by atoms with Crippen molar-refractivity contribution in [3.63, 3.8) is 0 Å². The molecule has 0 aromatic heterocycles. The molecule has 0 bridgehead atoms. The molecule has 2 heterocycles. The Hall–Kier alpha value is -2.41. The minimum Gasteiger partial charge on any atom is -0.393 e.